The van der Waals surface area contributed by atoms with Crippen LogP contribution in [0.3, 0.4) is 0 Å². The largest absolute Gasteiger partial charge is 0.481 e. The maximum absolute atomic E-state index is 12.6. The van der Waals surface area contributed by atoms with E-state index in [0.29, 0.717) is 6.54 Å². The molecule has 0 aromatic carbocycles. The highest BCUT2D eigenvalue weighted by atomic mass is 16.4. The van der Waals surface area contributed by atoms with Crippen LogP contribution in [-0.4, -0.2) is 53.1 Å². The molecule has 2 aliphatic heterocycles. The number of carboxylic acids is 1. The van der Waals surface area contributed by atoms with Gasteiger partial charge >= 0.3 is 12.0 Å². The molecule has 2 saturated heterocycles. The molecule has 0 aliphatic carbocycles. The lowest BCUT2D eigenvalue weighted by atomic mass is 9.84. The Bertz CT molecular complexity index is 381. The minimum Gasteiger partial charge on any atom is -0.481 e. The molecule has 0 saturated carbocycles. The molecule has 2 amide bonds. The van der Waals surface area contributed by atoms with Crippen molar-refractivity contribution in [1.82, 2.24) is 9.80 Å². The second-order valence-electron chi connectivity index (χ2n) is 7.02. The van der Waals surface area contributed by atoms with Crippen LogP contribution in [0.25, 0.3) is 0 Å². The van der Waals surface area contributed by atoms with Gasteiger partial charge in [0.05, 0.1) is 0 Å². The molecule has 5 heteroatoms. The van der Waals surface area contributed by atoms with Crippen LogP contribution in [-0.2, 0) is 4.79 Å². The molecule has 2 aliphatic rings. The third-order valence-corrected chi connectivity index (χ3v) is 4.42. The number of rotatable bonds is 2. The Morgan fingerprint density at radius 2 is 1.90 bits per heavy atom. The van der Waals surface area contributed by atoms with Gasteiger partial charge in [-0.15, -0.1) is 0 Å². The summed E-state index contributed by atoms with van der Waals surface area (Å²) in [5, 5.41) is 8.89. The molecule has 114 valence electrons. The predicted molar refractivity (Wildman–Crippen MR) is 76.5 cm³/mol. The van der Waals surface area contributed by atoms with E-state index in [9.17, 15) is 9.59 Å². The number of carbonyl (C=O) groups is 2. The van der Waals surface area contributed by atoms with Gasteiger partial charge in [-0.3, -0.25) is 4.79 Å². The summed E-state index contributed by atoms with van der Waals surface area (Å²) in [7, 11) is 0. The second kappa shape index (κ2) is 6.02. The SMILES string of the molecule is CC1(C)CCCN(C(=O)N2CCCC(CC(=O)O)C2)C1. The van der Waals surface area contributed by atoms with Gasteiger partial charge in [0.15, 0.2) is 0 Å². The number of hydrogen-bond acceptors (Lipinski definition) is 2. The Morgan fingerprint density at radius 3 is 2.55 bits per heavy atom. The Morgan fingerprint density at radius 1 is 1.20 bits per heavy atom. The van der Waals surface area contributed by atoms with Crippen molar-refractivity contribution < 1.29 is 14.7 Å². The van der Waals surface area contributed by atoms with E-state index in [1.807, 2.05) is 9.80 Å². The third-order valence-electron chi connectivity index (χ3n) is 4.42. The summed E-state index contributed by atoms with van der Waals surface area (Å²) in [4.78, 5) is 27.2. The molecule has 0 radical (unpaired) electrons. The van der Waals surface area contributed by atoms with Crippen LogP contribution in [0.4, 0.5) is 4.79 Å². The molecule has 2 heterocycles. The van der Waals surface area contributed by atoms with E-state index in [-0.39, 0.29) is 23.8 Å². The van der Waals surface area contributed by atoms with Crippen molar-refractivity contribution in [3.63, 3.8) is 0 Å². The van der Waals surface area contributed by atoms with Crippen LogP contribution >= 0.6 is 0 Å². The first kappa shape index (κ1) is 15.1. The highest BCUT2D eigenvalue weighted by molar-refractivity contribution is 5.75. The molecule has 1 unspecified atom stereocenters. The number of hydrogen-bond donors (Lipinski definition) is 1. The van der Waals surface area contributed by atoms with E-state index >= 15 is 0 Å². The fraction of sp³-hybridized carbons (Fsp3) is 0.867. The third kappa shape index (κ3) is 3.87. The van der Waals surface area contributed by atoms with Crippen LogP contribution in [0.15, 0.2) is 0 Å². The molecule has 0 bridgehead atoms. The standard InChI is InChI=1S/C15H26N2O3/c1-15(2)6-4-8-17(11-15)14(20)16-7-3-5-12(10-16)9-13(18)19/h12H,3-11H2,1-2H3,(H,18,19). The normalized spacial score (nSPS) is 26.4. The van der Waals surface area contributed by atoms with Gasteiger partial charge in [-0.05, 0) is 37.0 Å². The van der Waals surface area contributed by atoms with Crippen molar-refractivity contribution in [2.24, 2.45) is 11.3 Å². The van der Waals surface area contributed by atoms with Gasteiger partial charge in [0.1, 0.15) is 0 Å². The van der Waals surface area contributed by atoms with Crippen molar-refractivity contribution in [3.05, 3.63) is 0 Å². The number of likely N-dealkylation sites (tertiary alicyclic amines) is 2. The highest BCUT2D eigenvalue weighted by Crippen LogP contribution is 2.29. The van der Waals surface area contributed by atoms with Crippen LogP contribution in [0.1, 0.15) is 46.0 Å². The van der Waals surface area contributed by atoms with Gasteiger partial charge in [-0.25, -0.2) is 4.79 Å². The number of carboxylic acid groups (broad SMARTS) is 1. The van der Waals surface area contributed by atoms with Crippen molar-refractivity contribution in [3.8, 4) is 0 Å². The zero-order valence-corrected chi connectivity index (χ0v) is 12.6. The fourth-order valence-electron chi connectivity index (χ4n) is 3.44. The minimum atomic E-state index is -0.761. The summed E-state index contributed by atoms with van der Waals surface area (Å²) in [5.41, 5.74) is 0.199. The van der Waals surface area contributed by atoms with Crippen molar-refractivity contribution in [2.75, 3.05) is 26.2 Å². The molecular weight excluding hydrogens is 256 g/mol. The molecule has 0 aromatic heterocycles. The second-order valence-corrected chi connectivity index (χ2v) is 7.02. The monoisotopic (exact) mass is 282 g/mol. The first-order valence-electron chi connectivity index (χ1n) is 7.63. The van der Waals surface area contributed by atoms with Crippen LogP contribution in [0.5, 0.6) is 0 Å². The number of amides is 2. The molecular formula is C15H26N2O3. The summed E-state index contributed by atoms with van der Waals surface area (Å²) in [6, 6.07) is 0.105. The Kier molecular flexibility index (Phi) is 4.55. The summed E-state index contributed by atoms with van der Waals surface area (Å²) >= 11 is 0. The minimum absolute atomic E-state index is 0.105. The molecule has 2 rings (SSSR count). The maximum atomic E-state index is 12.6. The van der Waals surface area contributed by atoms with Gasteiger partial charge in [0, 0.05) is 32.6 Å². The zero-order chi connectivity index (χ0) is 14.8. The lowest BCUT2D eigenvalue weighted by molar-refractivity contribution is -0.138. The Hall–Kier alpha value is -1.26. The van der Waals surface area contributed by atoms with E-state index < -0.39 is 5.97 Å². The van der Waals surface area contributed by atoms with Crippen LogP contribution in [0, 0.1) is 11.3 Å². The molecule has 1 atom stereocenters. The van der Waals surface area contributed by atoms with Crippen molar-refractivity contribution >= 4 is 12.0 Å². The first-order valence-corrected chi connectivity index (χ1v) is 7.63. The topological polar surface area (TPSA) is 60.9 Å². The summed E-state index contributed by atoms with van der Waals surface area (Å²) in [6.07, 6.45) is 4.24. The lowest BCUT2D eigenvalue weighted by Gasteiger charge is -2.42. The average molecular weight is 282 g/mol. The Labute approximate surface area is 120 Å². The van der Waals surface area contributed by atoms with E-state index in [1.54, 1.807) is 0 Å². The summed E-state index contributed by atoms with van der Waals surface area (Å²) < 4.78 is 0. The van der Waals surface area contributed by atoms with Gasteiger partial charge in [-0.1, -0.05) is 13.8 Å². The molecule has 2 fully saturated rings. The van der Waals surface area contributed by atoms with Gasteiger partial charge in [-0.2, -0.15) is 0 Å². The lowest BCUT2D eigenvalue weighted by Crippen LogP contribution is -2.52. The Balaban J connectivity index is 1.93. The van der Waals surface area contributed by atoms with E-state index in [4.69, 9.17) is 5.11 Å². The molecule has 20 heavy (non-hydrogen) atoms. The molecule has 0 aromatic rings. The quantitative estimate of drug-likeness (QED) is 0.846. The smallest absolute Gasteiger partial charge is 0.320 e. The van der Waals surface area contributed by atoms with E-state index in [0.717, 1.165) is 38.9 Å². The van der Waals surface area contributed by atoms with Crippen molar-refractivity contribution in [2.45, 2.75) is 46.0 Å². The first-order chi connectivity index (χ1) is 9.37. The number of piperidine rings is 2. The molecule has 0 spiro atoms. The van der Waals surface area contributed by atoms with E-state index in [1.165, 1.54) is 6.42 Å². The fourth-order valence-corrected chi connectivity index (χ4v) is 3.44. The van der Waals surface area contributed by atoms with Gasteiger partial charge < -0.3 is 14.9 Å². The molecule has 5 nitrogen and oxygen atoms in total. The predicted octanol–water partition coefficient (Wildman–Crippen LogP) is 2.42. The number of aliphatic carboxylic acids is 1. The average Bonchev–Trinajstić information content (AvgIpc) is 2.36. The number of urea groups is 1. The maximum Gasteiger partial charge on any atom is 0.320 e. The summed E-state index contributed by atoms with van der Waals surface area (Å²) in [5.74, 6) is -0.647. The summed E-state index contributed by atoms with van der Waals surface area (Å²) in [6.45, 7) is 7.42. The van der Waals surface area contributed by atoms with Crippen LogP contribution in [0.2, 0.25) is 0 Å². The van der Waals surface area contributed by atoms with Crippen LogP contribution < -0.4 is 0 Å². The number of nitrogens with zero attached hydrogens (tertiary/aromatic N) is 2. The molecule has 1 N–H and O–H groups in total. The van der Waals surface area contributed by atoms with E-state index in [2.05, 4.69) is 13.8 Å². The van der Waals surface area contributed by atoms with Crippen molar-refractivity contribution in [1.29, 1.82) is 0 Å². The zero-order valence-electron chi connectivity index (χ0n) is 12.6. The van der Waals surface area contributed by atoms with Gasteiger partial charge in [0.25, 0.3) is 0 Å². The highest BCUT2D eigenvalue weighted by Gasteiger charge is 2.33. The number of carbonyl (C=O) groups excluding carboxylic acids is 1. The van der Waals surface area contributed by atoms with Gasteiger partial charge in [0.2, 0.25) is 0 Å².